The van der Waals surface area contributed by atoms with E-state index in [0.29, 0.717) is 57.1 Å². The van der Waals surface area contributed by atoms with Gasteiger partial charge in [0.15, 0.2) is 5.82 Å². The molecule has 0 spiro atoms. The van der Waals surface area contributed by atoms with Gasteiger partial charge in [-0.2, -0.15) is 9.97 Å². The number of anilines is 1. The average molecular weight is 782 g/mol. The highest BCUT2D eigenvalue weighted by atomic mass is 19.4. The number of terminal acetylenes is 1. The standard InChI is InChI=1S/C39H40F5N7O5/c1-4-26-28(40)10-7-21-15-25(52)16-27(29(21)26)32-31(41)33-30(35(46-32)54-5-2)34(50-17-22-8-9-23(18-50)45-22)48-36(47-33)56-20-38-12-6-14-51(38)24(11-13-38)19-55-37(53)49(3)39(42,43)44/h1,7,10,15-16,22-24,45,52H,5-6,8-9,11-14,17-20H2,2-3H3/t22-,23+,24-,38-/m0/s1. The summed E-state index contributed by atoms with van der Waals surface area (Å²) >= 11 is 0. The molecule has 56 heavy (non-hydrogen) atoms. The fraction of sp³-hybridized carbons (Fsp3) is 0.487. The number of benzene rings is 2. The lowest BCUT2D eigenvalue weighted by atomic mass is 9.95. The quantitative estimate of drug-likeness (QED) is 0.116. The van der Waals surface area contributed by atoms with Crippen LogP contribution < -0.4 is 19.7 Å². The third-order valence-electron chi connectivity index (χ3n) is 11.5. The van der Waals surface area contributed by atoms with Crippen LogP contribution in [0.25, 0.3) is 32.9 Å². The molecular formula is C39H40F5N7O5. The van der Waals surface area contributed by atoms with Crippen LogP contribution in [0, 0.1) is 24.0 Å². The number of phenolic OH excluding ortho intramolecular Hbond substituents is 1. The lowest BCUT2D eigenvalue weighted by Gasteiger charge is -2.35. The molecule has 17 heteroatoms. The average Bonchev–Trinajstić information content (AvgIpc) is 3.85. The summed E-state index contributed by atoms with van der Waals surface area (Å²) in [5.74, 6) is 0.949. The van der Waals surface area contributed by atoms with Crippen LogP contribution in [-0.2, 0) is 4.74 Å². The van der Waals surface area contributed by atoms with Crippen molar-refractivity contribution in [3.63, 3.8) is 0 Å². The maximum Gasteiger partial charge on any atom is 0.489 e. The summed E-state index contributed by atoms with van der Waals surface area (Å²) in [5, 5.41) is 15.1. The molecule has 0 unspecified atom stereocenters. The monoisotopic (exact) mass is 781 g/mol. The van der Waals surface area contributed by atoms with Crippen LogP contribution in [-0.4, -0.2) is 112 Å². The van der Waals surface area contributed by atoms with Crippen molar-refractivity contribution in [3.8, 4) is 41.2 Å². The van der Waals surface area contributed by atoms with Gasteiger partial charge in [0.05, 0.1) is 17.7 Å². The van der Waals surface area contributed by atoms with Crippen LogP contribution in [0.1, 0.15) is 51.0 Å². The normalized spacial score (nSPS) is 23.4. The Morgan fingerprint density at radius 2 is 1.86 bits per heavy atom. The Hall–Kier alpha value is -5.21. The number of phenols is 1. The molecule has 8 rings (SSSR count). The van der Waals surface area contributed by atoms with Crippen molar-refractivity contribution in [1.82, 2.24) is 30.1 Å². The van der Waals surface area contributed by atoms with Crippen molar-refractivity contribution in [2.75, 3.05) is 51.4 Å². The van der Waals surface area contributed by atoms with E-state index in [4.69, 9.17) is 25.6 Å². The summed E-state index contributed by atoms with van der Waals surface area (Å²) in [4.78, 5) is 30.0. The zero-order chi connectivity index (χ0) is 39.5. The molecule has 0 radical (unpaired) electrons. The van der Waals surface area contributed by atoms with Gasteiger partial charge >= 0.3 is 18.4 Å². The summed E-state index contributed by atoms with van der Waals surface area (Å²) < 4.78 is 89.1. The van der Waals surface area contributed by atoms with Gasteiger partial charge in [0.2, 0.25) is 5.88 Å². The van der Waals surface area contributed by atoms with Gasteiger partial charge in [0.1, 0.15) is 47.2 Å². The molecule has 2 N–H and O–H groups in total. The van der Waals surface area contributed by atoms with Crippen LogP contribution in [0.5, 0.6) is 17.6 Å². The van der Waals surface area contributed by atoms with E-state index in [1.807, 2.05) is 4.90 Å². The van der Waals surface area contributed by atoms with Gasteiger partial charge in [-0.1, -0.05) is 12.0 Å². The summed E-state index contributed by atoms with van der Waals surface area (Å²) in [7, 11) is 0.619. The molecule has 4 aliphatic heterocycles. The first-order valence-corrected chi connectivity index (χ1v) is 18.6. The Labute approximate surface area is 318 Å². The van der Waals surface area contributed by atoms with Crippen molar-refractivity contribution in [3.05, 3.63) is 41.5 Å². The lowest BCUT2D eigenvalue weighted by Crippen LogP contribution is -2.51. The molecule has 4 aliphatic rings. The smallest absolute Gasteiger partial charge is 0.489 e. The first-order valence-electron chi connectivity index (χ1n) is 18.6. The van der Waals surface area contributed by atoms with Gasteiger partial charge in [-0.05, 0) is 75.6 Å². The minimum absolute atomic E-state index is 0.0337. The number of nitrogens with one attached hydrogen (secondary N) is 1. The Morgan fingerprint density at radius 1 is 1.09 bits per heavy atom. The summed E-state index contributed by atoms with van der Waals surface area (Å²) in [6.45, 7) is 3.53. The van der Waals surface area contributed by atoms with E-state index in [9.17, 15) is 23.1 Å². The van der Waals surface area contributed by atoms with Crippen LogP contribution in [0.2, 0.25) is 0 Å². The highest BCUT2D eigenvalue weighted by Gasteiger charge is 2.51. The van der Waals surface area contributed by atoms with E-state index < -0.39 is 34.5 Å². The molecule has 1 amide bonds. The molecular weight excluding hydrogens is 741 g/mol. The second-order valence-corrected chi connectivity index (χ2v) is 14.9. The fourth-order valence-corrected chi connectivity index (χ4v) is 8.90. The number of piperazine rings is 1. The van der Waals surface area contributed by atoms with Crippen LogP contribution in [0.3, 0.4) is 0 Å². The molecule has 296 valence electrons. The number of carbonyl (C=O) groups excluding carboxylic acids is 1. The highest BCUT2D eigenvalue weighted by Crippen LogP contribution is 2.45. The molecule has 4 atom stereocenters. The Balaban J connectivity index is 1.20. The molecule has 4 aromatic rings. The number of hydrogen-bond acceptors (Lipinski definition) is 11. The van der Waals surface area contributed by atoms with E-state index >= 15 is 8.78 Å². The Kier molecular flexibility index (Phi) is 9.68. The Morgan fingerprint density at radius 3 is 2.57 bits per heavy atom. The minimum atomic E-state index is -4.86. The summed E-state index contributed by atoms with van der Waals surface area (Å²) in [6, 6.07) is 5.20. The number of aromatic nitrogens is 3. The minimum Gasteiger partial charge on any atom is -0.508 e. The van der Waals surface area contributed by atoms with Gasteiger partial charge in [0, 0.05) is 49.2 Å². The topological polar surface area (TPSA) is 125 Å². The maximum atomic E-state index is 17.3. The number of nitrogens with zero attached hydrogens (tertiary/aromatic N) is 6. The lowest BCUT2D eigenvalue weighted by molar-refractivity contribution is -0.222. The highest BCUT2D eigenvalue weighted by molar-refractivity contribution is 6.04. The number of carbonyl (C=O) groups is 1. The zero-order valence-corrected chi connectivity index (χ0v) is 30.8. The Bertz CT molecular complexity index is 2240. The molecule has 6 heterocycles. The van der Waals surface area contributed by atoms with E-state index in [0.717, 1.165) is 19.3 Å². The molecule has 4 saturated heterocycles. The summed E-state index contributed by atoms with van der Waals surface area (Å²) in [6.07, 6.45) is 3.97. The van der Waals surface area contributed by atoms with Crippen molar-refractivity contribution >= 4 is 33.6 Å². The SMILES string of the molecule is C#Cc1c(F)ccc2cc(O)cc(-c3nc(OCC)c4c(N5C[C@H]6CC[C@@H](C5)N6)nc(OC[C@@]56CCCN5[C@H](COC(=O)N(C)C(F)(F)F)CC6)nc4c3F)c12. The number of aromatic hydroxyl groups is 1. The fourth-order valence-electron chi connectivity index (χ4n) is 8.90. The van der Waals surface area contributed by atoms with Gasteiger partial charge in [-0.3, -0.25) is 4.90 Å². The number of halogens is 5. The van der Waals surface area contributed by atoms with E-state index in [1.54, 1.807) is 6.92 Å². The van der Waals surface area contributed by atoms with Crippen molar-refractivity contribution in [2.24, 2.45) is 0 Å². The molecule has 12 nitrogen and oxygen atoms in total. The van der Waals surface area contributed by atoms with Gasteiger partial charge in [-0.25, -0.2) is 23.5 Å². The summed E-state index contributed by atoms with van der Waals surface area (Å²) in [5.41, 5.74) is -1.07. The number of amides is 1. The number of hydrogen-bond donors (Lipinski definition) is 2. The van der Waals surface area contributed by atoms with Gasteiger partial charge in [-0.15, -0.1) is 19.6 Å². The van der Waals surface area contributed by atoms with Crippen LogP contribution in [0.4, 0.5) is 32.6 Å². The largest absolute Gasteiger partial charge is 0.508 e. The van der Waals surface area contributed by atoms with Gasteiger partial charge in [0.25, 0.3) is 0 Å². The molecule has 2 bridgehead atoms. The van der Waals surface area contributed by atoms with E-state index in [-0.39, 0.29) is 88.7 Å². The number of ether oxygens (including phenoxy) is 3. The number of alkyl halides is 3. The second kappa shape index (κ2) is 14.4. The second-order valence-electron chi connectivity index (χ2n) is 14.9. The number of fused-ring (bicyclic) bond motifs is 5. The maximum absolute atomic E-state index is 17.3. The molecule has 4 fully saturated rings. The number of pyridine rings is 1. The molecule has 0 aliphatic carbocycles. The molecule has 2 aromatic carbocycles. The van der Waals surface area contributed by atoms with Crippen LogP contribution in [0.15, 0.2) is 24.3 Å². The third-order valence-corrected chi connectivity index (χ3v) is 11.5. The first-order chi connectivity index (χ1) is 26.8. The van der Waals surface area contributed by atoms with E-state index in [1.165, 1.54) is 24.3 Å². The number of rotatable bonds is 9. The van der Waals surface area contributed by atoms with Crippen molar-refractivity contribution < 1.29 is 46.1 Å². The first kappa shape index (κ1) is 37.7. The van der Waals surface area contributed by atoms with E-state index in [2.05, 4.69) is 26.1 Å². The predicted octanol–water partition coefficient (Wildman–Crippen LogP) is 6.11. The molecule has 0 saturated carbocycles. The van der Waals surface area contributed by atoms with Gasteiger partial charge < -0.3 is 29.5 Å². The predicted molar refractivity (Wildman–Crippen MR) is 195 cm³/mol. The molecule has 2 aromatic heterocycles. The van der Waals surface area contributed by atoms with Crippen molar-refractivity contribution in [1.29, 1.82) is 0 Å². The zero-order valence-electron chi connectivity index (χ0n) is 30.8. The van der Waals surface area contributed by atoms with Crippen LogP contribution >= 0.6 is 0 Å². The van der Waals surface area contributed by atoms with Crippen molar-refractivity contribution in [2.45, 2.75) is 75.4 Å². The third kappa shape index (κ3) is 6.61.